The average molecular weight is 234 g/mol. The number of hydrogen-bond donors (Lipinski definition) is 0. The van der Waals surface area contributed by atoms with E-state index in [-0.39, 0.29) is 0 Å². The third-order valence-corrected chi connectivity index (χ3v) is 3.52. The van der Waals surface area contributed by atoms with Crippen molar-refractivity contribution in [2.75, 3.05) is 0 Å². The highest BCUT2D eigenvalue weighted by Crippen LogP contribution is 2.25. The molecule has 0 aliphatic heterocycles. The lowest BCUT2D eigenvalue weighted by atomic mass is 9.93. The molecule has 1 heterocycles. The Morgan fingerprint density at radius 3 is 2.56 bits per heavy atom. The maximum atomic E-state index is 8.79. The van der Waals surface area contributed by atoms with Crippen LogP contribution in [0, 0.1) is 11.3 Å². The summed E-state index contributed by atoms with van der Waals surface area (Å²) in [4.78, 5) is 4.57. The zero-order chi connectivity index (χ0) is 12.4. The van der Waals surface area contributed by atoms with E-state index in [9.17, 15) is 0 Å². The lowest BCUT2D eigenvalue weighted by molar-refractivity contribution is 0.668. The summed E-state index contributed by atoms with van der Waals surface area (Å²) in [5.74, 6) is 0. The van der Waals surface area contributed by atoms with Gasteiger partial charge in [0.2, 0.25) is 0 Å². The van der Waals surface area contributed by atoms with Crippen molar-refractivity contribution in [2.24, 2.45) is 0 Å². The van der Waals surface area contributed by atoms with Gasteiger partial charge in [0.1, 0.15) is 0 Å². The first-order valence-corrected chi connectivity index (χ1v) is 6.35. The van der Waals surface area contributed by atoms with Gasteiger partial charge in [0.15, 0.2) is 0 Å². The van der Waals surface area contributed by atoms with E-state index in [4.69, 9.17) is 5.26 Å². The van der Waals surface area contributed by atoms with Gasteiger partial charge in [0.05, 0.1) is 11.6 Å². The third kappa shape index (κ3) is 2.00. The molecule has 0 spiro atoms. The molecule has 0 fully saturated rings. The minimum absolute atomic E-state index is 0.699. The maximum Gasteiger partial charge on any atom is 0.0991 e. The van der Waals surface area contributed by atoms with Crippen LogP contribution in [-0.2, 0) is 12.8 Å². The smallest absolute Gasteiger partial charge is 0.0991 e. The van der Waals surface area contributed by atoms with Crippen LogP contribution in [0.3, 0.4) is 0 Å². The maximum absolute atomic E-state index is 8.79. The number of pyridine rings is 1. The lowest BCUT2D eigenvalue weighted by Gasteiger charge is -2.15. The Morgan fingerprint density at radius 1 is 1.00 bits per heavy atom. The second kappa shape index (κ2) is 4.62. The molecule has 1 aliphatic rings. The molecule has 0 radical (unpaired) electrons. The molecule has 0 N–H and O–H groups in total. The average Bonchev–Trinajstić information content (AvgIpc) is 2.47. The number of rotatable bonds is 1. The van der Waals surface area contributed by atoms with Gasteiger partial charge in [0.25, 0.3) is 0 Å². The molecular formula is C16H14N2. The molecule has 0 atom stereocenters. The molecular weight excluding hydrogens is 220 g/mol. The topological polar surface area (TPSA) is 36.7 Å². The standard InChI is InChI=1S/C16H14N2/c17-10-12-5-7-13(8-6-12)15-9-14-3-1-2-4-16(14)18-11-15/h5-9,11H,1-4H2. The van der Waals surface area contributed by atoms with Gasteiger partial charge < -0.3 is 0 Å². The number of aromatic nitrogens is 1. The van der Waals surface area contributed by atoms with Gasteiger partial charge in [-0.2, -0.15) is 5.26 Å². The minimum atomic E-state index is 0.699. The summed E-state index contributed by atoms with van der Waals surface area (Å²) in [5, 5.41) is 8.79. The van der Waals surface area contributed by atoms with Crippen LogP contribution in [0.5, 0.6) is 0 Å². The molecule has 0 amide bonds. The monoisotopic (exact) mass is 234 g/mol. The number of benzene rings is 1. The van der Waals surface area contributed by atoms with Crippen molar-refractivity contribution < 1.29 is 0 Å². The lowest BCUT2D eigenvalue weighted by Crippen LogP contribution is -2.05. The van der Waals surface area contributed by atoms with E-state index in [1.54, 1.807) is 0 Å². The van der Waals surface area contributed by atoms with Crippen molar-refractivity contribution in [1.82, 2.24) is 4.98 Å². The van der Waals surface area contributed by atoms with Gasteiger partial charge in [-0.1, -0.05) is 12.1 Å². The van der Waals surface area contributed by atoms with Crippen molar-refractivity contribution >= 4 is 0 Å². The zero-order valence-corrected chi connectivity index (χ0v) is 10.2. The SMILES string of the molecule is N#Cc1ccc(-c2cnc3c(c2)CCCC3)cc1. The first-order valence-electron chi connectivity index (χ1n) is 6.35. The van der Waals surface area contributed by atoms with E-state index < -0.39 is 0 Å². The molecule has 1 aromatic heterocycles. The van der Waals surface area contributed by atoms with Crippen LogP contribution in [0.25, 0.3) is 11.1 Å². The van der Waals surface area contributed by atoms with Crippen LogP contribution in [-0.4, -0.2) is 4.98 Å². The molecule has 3 rings (SSSR count). The Kier molecular flexibility index (Phi) is 2.82. The van der Waals surface area contributed by atoms with Crippen molar-refractivity contribution in [1.29, 1.82) is 5.26 Å². The molecule has 1 aromatic carbocycles. The van der Waals surface area contributed by atoms with E-state index in [0.717, 1.165) is 24.0 Å². The minimum Gasteiger partial charge on any atom is -0.260 e. The van der Waals surface area contributed by atoms with Gasteiger partial charge in [-0.05, 0) is 55.0 Å². The van der Waals surface area contributed by atoms with Crippen LogP contribution in [0.2, 0.25) is 0 Å². The fourth-order valence-electron chi connectivity index (χ4n) is 2.48. The summed E-state index contributed by atoms with van der Waals surface area (Å²) in [7, 11) is 0. The highest BCUT2D eigenvalue weighted by Gasteiger charge is 2.11. The molecule has 0 bridgehead atoms. The molecule has 2 nitrogen and oxygen atoms in total. The molecule has 18 heavy (non-hydrogen) atoms. The summed E-state index contributed by atoms with van der Waals surface area (Å²) in [6.07, 6.45) is 6.74. The molecule has 88 valence electrons. The van der Waals surface area contributed by atoms with Crippen molar-refractivity contribution in [3.8, 4) is 17.2 Å². The van der Waals surface area contributed by atoms with Crippen molar-refractivity contribution in [3.05, 3.63) is 53.3 Å². The summed E-state index contributed by atoms with van der Waals surface area (Å²) >= 11 is 0. The van der Waals surface area contributed by atoms with Crippen LogP contribution in [0.15, 0.2) is 36.5 Å². The van der Waals surface area contributed by atoms with Gasteiger partial charge in [-0.3, -0.25) is 4.98 Å². The van der Waals surface area contributed by atoms with E-state index in [1.807, 2.05) is 30.5 Å². The van der Waals surface area contributed by atoms with E-state index >= 15 is 0 Å². The van der Waals surface area contributed by atoms with Crippen LogP contribution in [0.1, 0.15) is 29.7 Å². The summed E-state index contributed by atoms with van der Waals surface area (Å²) in [5.41, 5.74) is 5.64. The summed E-state index contributed by atoms with van der Waals surface area (Å²) in [6, 6.07) is 12.1. The summed E-state index contributed by atoms with van der Waals surface area (Å²) in [6.45, 7) is 0. The Labute approximate surface area is 107 Å². The Hall–Kier alpha value is -2.14. The largest absolute Gasteiger partial charge is 0.260 e. The first kappa shape index (κ1) is 11.0. The van der Waals surface area contributed by atoms with E-state index in [1.165, 1.54) is 24.1 Å². The fourth-order valence-corrected chi connectivity index (χ4v) is 2.48. The van der Waals surface area contributed by atoms with Crippen LogP contribution < -0.4 is 0 Å². The van der Waals surface area contributed by atoms with E-state index in [2.05, 4.69) is 17.1 Å². The predicted octanol–water partition coefficient (Wildman–Crippen LogP) is 3.50. The molecule has 0 unspecified atom stereocenters. The second-order valence-electron chi connectivity index (χ2n) is 4.73. The van der Waals surface area contributed by atoms with Gasteiger partial charge >= 0.3 is 0 Å². The number of nitrogens with zero attached hydrogens (tertiary/aromatic N) is 2. The molecule has 0 saturated carbocycles. The van der Waals surface area contributed by atoms with E-state index in [0.29, 0.717) is 5.56 Å². The Balaban J connectivity index is 1.98. The van der Waals surface area contributed by atoms with Crippen molar-refractivity contribution in [2.45, 2.75) is 25.7 Å². The molecule has 2 heteroatoms. The fraction of sp³-hybridized carbons (Fsp3) is 0.250. The van der Waals surface area contributed by atoms with Crippen molar-refractivity contribution in [3.63, 3.8) is 0 Å². The highest BCUT2D eigenvalue weighted by molar-refractivity contribution is 5.64. The van der Waals surface area contributed by atoms with Gasteiger partial charge in [-0.15, -0.1) is 0 Å². The normalized spacial score (nSPS) is 13.7. The zero-order valence-electron chi connectivity index (χ0n) is 10.2. The number of fused-ring (bicyclic) bond motifs is 1. The first-order chi connectivity index (χ1) is 8.86. The number of aryl methyl sites for hydroxylation is 2. The molecule has 1 aliphatic carbocycles. The number of hydrogen-bond acceptors (Lipinski definition) is 2. The quantitative estimate of drug-likeness (QED) is 0.757. The Bertz CT molecular complexity index is 606. The number of nitriles is 1. The predicted molar refractivity (Wildman–Crippen MR) is 71.0 cm³/mol. The molecule has 0 saturated heterocycles. The second-order valence-corrected chi connectivity index (χ2v) is 4.73. The third-order valence-electron chi connectivity index (χ3n) is 3.52. The molecule has 2 aromatic rings. The van der Waals surface area contributed by atoms with Crippen LogP contribution in [0.4, 0.5) is 0 Å². The summed E-state index contributed by atoms with van der Waals surface area (Å²) < 4.78 is 0. The highest BCUT2D eigenvalue weighted by atomic mass is 14.7. The van der Waals surface area contributed by atoms with Crippen LogP contribution >= 0.6 is 0 Å². The van der Waals surface area contributed by atoms with Gasteiger partial charge in [-0.25, -0.2) is 0 Å². The van der Waals surface area contributed by atoms with Gasteiger partial charge in [0, 0.05) is 17.5 Å². The Morgan fingerprint density at radius 2 is 1.78 bits per heavy atom.